The zero-order chi connectivity index (χ0) is 19.7. The SMILES string of the molecule is Cc1nn(C)c2c(N3CCC(C(=O)NCc4ccc(Br)cc4)CC3)nccc12. The van der Waals surface area contributed by atoms with Crippen molar-refractivity contribution in [1.29, 1.82) is 0 Å². The lowest BCUT2D eigenvalue weighted by Crippen LogP contribution is -2.40. The summed E-state index contributed by atoms with van der Waals surface area (Å²) in [5, 5.41) is 8.75. The first-order valence-corrected chi connectivity index (χ1v) is 10.4. The van der Waals surface area contributed by atoms with Crippen molar-refractivity contribution in [2.45, 2.75) is 26.3 Å². The first kappa shape index (κ1) is 18.9. The minimum atomic E-state index is 0.0548. The Balaban J connectivity index is 1.38. The summed E-state index contributed by atoms with van der Waals surface area (Å²) in [6.07, 6.45) is 3.52. The predicted octanol–water partition coefficient (Wildman–Crippen LogP) is 3.57. The molecule has 1 aromatic carbocycles. The van der Waals surface area contributed by atoms with E-state index >= 15 is 0 Å². The predicted molar refractivity (Wildman–Crippen MR) is 114 cm³/mol. The molecule has 1 aliphatic rings. The first-order chi connectivity index (χ1) is 13.5. The van der Waals surface area contributed by atoms with Crippen molar-refractivity contribution in [2.24, 2.45) is 13.0 Å². The maximum atomic E-state index is 12.6. The number of halogens is 1. The molecule has 0 bridgehead atoms. The van der Waals surface area contributed by atoms with E-state index in [-0.39, 0.29) is 11.8 Å². The summed E-state index contributed by atoms with van der Waals surface area (Å²) < 4.78 is 2.95. The molecule has 3 heterocycles. The first-order valence-electron chi connectivity index (χ1n) is 9.58. The van der Waals surface area contributed by atoms with E-state index in [1.165, 1.54) is 0 Å². The highest BCUT2D eigenvalue weighted by molar-refractivity contribution is 9.10. The molecule has 1 aliphatic heterocycles. The van der Waals surface area contributed by atoms with E-state index in [2.05, 4.69) is 36.2 Å². The molecule has 6 nitrogen and oxygen atoms in total. The molecule has 1 saturated heterocycles. The minimum Gasteiger partial charge on any atom is -0.355 e. The number of carbonyl (C=O) groups is 1. The number of piperidine rings is 1. The van der Waals surface area contributed by atoms with Crippen LogP contribution in [-0.4, -0.2) is 33.8 Å². The summed E-state index contributed by atoms with van der Waals surface area (Å²) in [5.41, 5.74) is 3.19. The number of nitrogens with zero attached hydrogens (tertiary/aromatic N) is 4. The second kappa shape index (κ2) is 7.91. The number of benzene rings is 1. The molecule has 146 valence electrons. The summed E-state index contributed by atoms with van der Waals surface area (Å²) in [4.78, 5) is 19.5. The Bertz CT molecular complexity index is 990. The number of pyridine rings is 1. The van der Waals surface area contributed by atoms with Gasteiger partial charge in [0.25, 0.3) is 0 Å². The van der Waals surface area contributed by atoms with Gasteiger partial charge in [-0.25, -0.2) is 4.98 Å². The molecule has 0 saturated carbocycles. The maximum Gasteiger partial charge on any atom is 0.223 e. The summed E-state index contributed by atoms with van der Waals surface area (Å²) in [5.74, 6) is 1.17. The molecule has 1 amide bonds. The van der Waals surface area contributed by atoms with Crippen LogP contribution in [0.5, 0.6) is 0 Å². The molecule has 0 atom stereocenters. The van der Waals surface area contributed by atoms with Gasteiger partial charge in [0.1, 0.15) is 5.52 Å². The highest BCUT2D eigenvalue weighted by atomic mass is 79.9. The number of aryl methyl sites for hydroxylation is 2. The van der Waals surface area contributed by atoms with Crippen molar-refractivity contribution in [3.8, 4) is 0 Å². The third-order valence-electron chi connectivity index (χ3n) is 5.46. The molecule has 28 heavy (non-hydrogen) atoms. The molecule has 1 N–H and O–H groups in total. The van der Waals surface area contributed by atoms with Crippen LogP contribution in [0.2, 0.25) is 0 Å². The number of aromatic nitrogens is 3. The lowest BCUT2D eigenvalue weighted by atomic mass is 9.95. The Morgan fingerprint density at radius 3 is 2.64 bits per heavy atom. The van der Waals surface area contributed by atoms with E-state index < -0.39 is 0 Å². The molecule has 0 aliphatic carbocycles. The monoisotopic (exact) mass is 441 g/mol. The lowest BCUT2D eigenvalue weighted by Gasteiger charge is -2.32. The lowest BCUT2D eigenvalue weighted by molar-refractivity contribution is -0.125. The van der Waals surface area contributed by atoms with Crippen LogP contribution in [0.4, 0.5) is 5.82 Å². The maximum absolute atomic E-state index is 12.6. The van der Waals surface area contributed by atoms with Crippen LogP contribution in [0.25, 0.3) is 10.9 Å². The van der Waals surface area contributed by atoms with Crippen LogP contribution in [0.15, 0.2) is 41.0 Å². The second-order valence-electron chi connectivity index (χ2n) is 7.35. The fourth-order valence-electron chi connectivity index (χ4n) is 3.90. The van der Waals surface area contributed by atoms with Gasteiger partial charge in [0.2, 0.25) is 5.91 Å². The molecule has 0 radical (unpaired) electrons. The van der Waals surface area contributed by atoms with Crippen molar-refractivity contribution in [3.63, 3.8) is 0 Å². The van der Waals surface area contributed by atoms with E-state index in [1.54, 1.807) is 0 Å². The topological polar surface area (TPSA) is 63.1 Å². The van der Waals surface area contributed by atoms with Crippen molar-refractivity contribution < 1.29 is 4.79 Å². The standard InChI is InChI=1S/C21H24BrN5O/c1-14-18-7-10-23-20(19(18)26(2)25-14)27-11-8-16(9-12-27)21(28)24-13-15-3-5-17(22)6-4-15/h3-7,10,16H,8-9,11-13H2,1-2H3,(H,24,28). The van der Waals surface area contributed by atoms with E-state index in [4.69, 9.17) is 0 Å². The summed E-state index contributed by atoms with van der Waals surface area (Å²) in [6.45, 7) is 4.25. The average Bonchev–Trinajstić information content (AvgIpc) is 3.01. The molecule has 7 heteroatoms. The number of carbonyl (C=O) groups excluding carboxylic acids is 1. The number of rotatable bonds is 4. The Morgan fingerprint density at radius 2 is 1.93 bits per heavy atom. The van der Waals surface area contributed by atoms with E-state index in [9.17, 15) is 4.79 Å². The van der Waals surface area contributed by atoms with Gasteiger partial charge in [-0.05, 0) is 43.5 Å². The molecule has 4 rings (SSSR count). The van der Waals surface area contributed by atoms with Crippen molar-refractivity contribution >= 4 is 38.6 Å². The largest absolute Gasteiger partial charge is 0.355 e. The number of hydrogen-bond acceptors (Lipinski definition) is 4. The summed E-state index contributed by atoms with van der Waals surface area (Å²) in [7, 11) is 1.96. The number of amides is 1. The number of nitrogens with one attached hydrogen (secondary N) is 1. The Morgan fingerprint density at radius 1 is 1.21 bits per heavy atom. The van der Waals surface area contributed by atoms with Crippen LogP contribution in [0, 0.1) is 12.8 Å². The van der Waals surface area contributed by atoms with Gasteiger partial charge >= 0.3 is 0 Å². The van der Waals surface area contributed by atoms with E-state index in [0.717, 1.165) is 58.4 Å². The molecular formula is C21H24BrN5O. The Kier molecular flexibility index (Phi) is 5.35. The van der Waals surface area contributed by atoms with Crippen molar-refractivity contribution in [1.82, 2.24) is 20.1 Å². The fourth-order valence-corrected chi connectivity index (χ4v) is 4.17. The van der Waals surface area contributed by atoms with Crippen molar-refractivity contribution in [2.75, 3.05) is 18.0 Å². The Hall–Kier alpha value is -2.41. The Labute approximate surface area is 173 Å². The van der Waals surface area contributed by atoms with Gasteiger partial charge in [0.05, 0.1) is 5.69 Å². The van der Waals surface area contributed by atoms with Crippen LogP contribution in [-0.2, 0) is 18.4 Å². The molecule has 3 aromatic rings. The van der Waals surface area contributed by atoms with Gasteiger partial charge in [-0.15, -0.1) is 0 Å². The minimum absolute atomic E-state index is 0.0548. The van der Waals surface area contributed by atoms with Crippen LogP contribution < -0.4 is 10.2 Å². The average molecular weight is 442 g/mol. The quantitative estimate of drug-likeness (QED) is 0.671. The van der Waals surface area contributed by atoms with Crippen LogP contribution in [0.1, 0.15) is 24.1 Å². The zero-order valence-electron chi connectivity index (χ0n) is 16.2. The van der Waals surface area contributed by atoms with Gasteiger partial charge < -0.3 is 10.2 Å². The van der Waals surface area contributed by atoms with E-state index in [0.29, 0.717) is 6.54 Å². The second-order valence-corrected chi connectivity index (χ2v) is 8.26. The summed E-state index contributed by atoms with van der Waals surface area (Å²) in [6, 6.07) is 10.1. The van der Waals surface area contributed by atoms with Gasteiger partial charge in [-0.2, -0.15) is 5.10 Å². The smallest absolute Gasteiger partial charge is 0.223 e. The third-order valence-corrected chi connectivity index (χ3v) is 5.99. The van der Waals surface area contributed by atoms with Gasteiger partial charge in [-0.3, -0.25) is 9.48 Å². The number of fused-ring (bicyclic) bond motifs is 1. The van der Waals surface area contributed by atoms with Gasteiger partial charge in [0.15, 0.2) is 5.82 Å². The van der Waals surface area contributed by atoms with Gasteiger partial charge in [-0.1, -0.05) is 28.1 Å². The molecular weight excluding hydrogens is 418 g/mol. The zero-order valence-corrected chi connectivity index (χ0v) is 17.7. The van der Waals surface area contributed by atoms with Gasteiger partial charge in [0, 0.05) is 48.7 Å². The normalized spacial score (nSPS) is 15.2. The molecule has 0 spiro atoms. The third kappa shape index (κ3) is 3.76. The van der Waals surface area contributed by atoms with Crippen LogP contribution in [0.3, 0.4) is 0 Å². The molecule has 2 aromatic heterocycles. The van der Waals surface area contributed by atoms with Crippen molar-refractivity contribution in [3.05, 3.63) is 52.3 Å². The molecule has 1 fully saturated rings. The van der Waals surface area contributed by atoms with E-state index in [1.807, 2.05) is 55.2 Å². The fraction of sp³-hybridized carbons (Fsp3) is 0.381. The number of hydrogen-bond donors (Lipinski definition) is 1. The number of anilines is 1. The highest BCUT2D eigenvalue weighted by Gasteiger charge is 2.27. The van der Waals surface area contributed by atoms with Crippen LogP contribution >= 0.6 is 15.9 Å². The summed E-state index contributed by atoms with van der Waals surface area (Å²) >= 11 is 3.43. The molecule has 0 unspecified atom stereocenters. The highest BCUT2D eigenvalue weighted by Crippen LogP contribution is 2.29.